The zero-order valence-electron chi connectivity index (χ0n) is 11.2. The summed E-state index contributed by atoms with van der Waals surface area (Å²) in [5.74, 6) is 4.92. The minimum absolute atomic E-state index is 0.0578. The summed E-state index contributed by atoms with van der Waals surface area (Å²) in [5, 5.41) is 4.04. The quantitative estimate of drug-likeness (QED) is 0.445. The molecular formula is C12H15N5O3. The van der Waals surface area contributed by atoms with E-state index < -0.39 is 5.91 Å². The van der Waals surface area contributed by atoms with E-state index in [1.165, 1.54) is 23.1 Å². The Kier molecular flexibility index (Phi) is 3.85. The van der Waals surface area contributed by atoms with E-state index >= 15 is 0 Å². The highest BCUT2D eigenvalue weighted by Gasteiger charge is 2.15. The topological polar surface area (TPSA) is 106 Å². The predicted molar refractivity (Wildman–Crippen MR) is 72.3 cm³/mol. The van der Waals surface area contributed by atoms with Gasteiger partial charge in [-0.05, 0) is 6.07 Å². The van der Waals surface area contributed by atoms with E-state index in [4.69, 9.17) is 10.3 Å². The van der Waals surface area contributed by atoms with E-state index in [9.17, 15) is 9.59 Å². The number of anilines is 1. The molecule has 3 N–H and O–H groups in total. The summed E-state index contributed by atoms with van der Waals surface area (Å²) in [6.45, 7) is 0.0578. The van der Waals surface area contributed by atoms with Gasteiger partial charge in [0.1, 0.15) is 12.3 Å². The van der Waals surface area contributed by atoms with Crippen LogP contribution in [0.1, 0.15) is 16.1 Å². The van der Waals surface area contributed by atoms with E-state index in [0.717, 1.165) is 0 Å². The van der Waals surface area contributed by atoms with Crippen LogP contribution in [0.5, 0.6) is 0 Å². The molecule has 0 saturated carbocycles. The zero-order valence-corrected chi connectivity index (χ0v) is 11.2. The van der Waals surface area contributed by atoms with Crippen molar-refractivity contribution < 1.29 is 9.21 Å². The normalized spacial score (nSPS) is 10.3. The molecule has 0 aliphatic heterocycles. The first kappa shape index (κ1) is 13.8. The number of nitrogen functional groups attached to an aromatic ring is 1. The average Bonchev–Trinajstić information content (AvgIpc) is 2.88. The largest absolute Gasteiger partial charge is 0.467 e. The molecule has 2 heterocycles. The fourth-order valence-corrected chi connectivity index (χ4v) is 1.67. The van der Waals surface area contributed by atoms with Gasteiger partial charge in [-0.2, -0.15) is 5.10 Å². The van der Waals surface area contributed by atoms with Crippen molar-refractivity contribution in [3.05, 3.63) is 46.3 Å². The molecule has 2 aromatic heterocycles. The highest BCUT2D eigenvalue weighted by atomic mass is 16.3. The Hall–Kier alpha value is -2.61. The van der Waals surface area contributed by atoms with Crippen LogP contribution in [0.4, 0.5) is 5.69 Å². The molecule has 0 saturated heterocycles. The van der Waals surface area contributed by atoms with Crippen LogP contribution in [0, 0.1) is 0 Å². The van der Waals surface area contributed by atoms with Gasteiger partial charge >= 0.3 is 0 Å². The molecule has 0 aliphatic rings. The van der Waals surface area contributed by atoms with E-state index in [0.29, 0.717) is 11.4 Å². The van der Waals surface area contributed by atoms with Crippen LogP contribution in [0.2, 0.25) is 0 Å². The van der Waals surface area contributed by atoms with Crippen LogP contribution < -0.4 is 21.7 Å². The lowest BCUT2D eigenvalue weighted by atomic mass is 10.2. The van der Waals surface area contributed by atoms with Gasteiger partial charge in [0.05, 0.1) is 23.7 Å². The monoisotopic (exact) mass is 277 g/mol. The summed E-state index contributed by atoms with van der Waals surface area (Å²) in [6.07, 6.45) is 2.92. The number of hydrazine groups is 1. The fraction of sp³-hybridized carbons (Fsp3) is 0.250. The molecule has 0 bridgehead atoms. The van der Waals surface area contributed by atoms with E-state index in [1.807, 2.05) is 19.5 Å². The number of nitrogens with two attached hydrogens (primary N) is 1. The maximum absolute atomic E-state index is 11.9. The van der Waals surface area contributed by atoms with Crippen molar-refractivity contribution in [1.29, 1.82) is 0 Å². The molecular weight excluding hydrogens is 262 g/mol. The van der Waals surface area contributed by atoms with Crippen molar-refractivity contribution in [1.82, 2.24) is 15.2 Å². The Morgan fingerprint density at radius 1 is 1.55 bits per heavy atom. The molecule has 2 rings (SSSR count). The van der Waals surface area contributed by atoms with Gasteiger partial charge in [0, 0.05) is 20.2 Å². The fourth-order valence-electron chi connectivity index (χ4n) is 1.67. The van der Waals surface area contributed by atoms with Crippen molar-refractivity contribution in [2.24, 2.45) is 5.84 Å². The van der Waals surface area contributed by atoms with Crippen molar-refractivity contribution in [2.75, 3.05) is 19.0 Å². The number of aromatic nitrogens is 2. The third-order valence-electron chi connectivity index (χ3n) is 2.79. The van der Waals surface area contributed by atoms with Crippen molar-refractivity contribution >= 4 is 11.6 Å². The number of furan rings is 1. The molecule has 106 valence electrons. The van der Waals surface area contributed by atoms with Gasteiger partial charge in [-0.3, -0.25) is 15.0 Å². The van der Waals surface area contributed by atoms with Crippen LogP contribution in [0.15, 0.2) is 33.8 Å². The van der Waals surface area contributed by atoms with Crippen molar-refractivity contribution in [3.8, 4) is 0 Å². The summed E-state index contributed by atoms with van der Waals surface area (Å²) < 4.78 is 6.41. The molecule has 0 atom stereocenters. The van der Waals surface area contributed by atoms with Crippen molar-refractivity contribution in [2.45, 2.75) is 6.54 Å². The van der Waals surface area contributed by atoms with Crippen LogP contribution in [-0.2, 0) is 6.54 Å². The number of carbonyl (C=O) groups excluding carboxylic acids is 1. The maximum Gasteiger partial charge on any atom is 0.269 e. The molecule has 20 heavy (non-hydrogen) atoms. The summed E-state index contributed by atoms with van der Waals surface area (Å²) in [7, 11) is 3.63. The Morgan fingerprint density at radius 2 is 2.30 bits per heavy atom. The van der Waals surface area contributed by atoms with E-state index in [2.05, 4.69) is 5.10 Å². The summed E-state index contributed by atoms with van der Waals surface area (Å²) in [5.41, 5.74) is 2.71. The first-order valence-corrected chi connectivity index (χ1v) is 5.84. The van der Waals surface area contributed by atoms with Crippen LogP contribution in [-0.4, -0.2) is 29.8 Å². The molecule has 8 heteroatoms. The second-order valence-corrected chi connectivity index (χ2v) is 4.34. The first-order valence-electron chi connectivity index (χ1n) is 5.84. The molecule has 0 fully saturated rings. The Morgan fingerprint density at radius 3 is 2.90 bits per heavy atom. The van der Waals surface area contributed by atoms with E-state index in [1.54, 1.807) is 11.1 Å². The molecule has 0 aromatic carbocycles. The number of rotatable bonds is 4. The highest BCUT2D eigenvalue weighted by Crippen LogP contribution is 2.11. The minimum atomic E-state index is -0.480. The number of hydrogen-bond acceptors (Lipinski definition) is 6. The molecule has 2 aromatic rings. The lowest BCUT2D eigenvalue weighted by molar-refractivity contribution is 0.0951. The molecule has 0 spiro atoms. The number of amides is 1. The van der Waals surface area contributed by atoms with Gasteiger partial charge < -0.3 is 9.32 Å². The number of hydrogen-bond donors (Lipinski definition) is 2. The number of nitrogens with one attached hydrogen (secondary N) is 1. The first-order chi connectivity index (χ1) is 9.52. The molecule has 0 aliphatic carbocycles. The third kappa shape index (κ3) is 2.69. The maximum atomic E-state index is 11.9. The molecule has 0 radical (unpaired) electrons. The lowest BCUT2D eigenvalue weighted by Gasteiger charge is -2.12. The SMILES string of the molecule is CN(C)c1cnn(Cc2occc2C(=O)NN)c(=O)c1. The van der Waals surface area contributed by atoms with E-state index in [-0.39, 0.29) is 17.7 Å². The highest BCUT2D eigenvalue weighted by molar-refractivity contribution is 5.94. The van der Waals surface area contributed by atoms with Gasteiger partial charge in [0.15, 0.2) is 0 Å². The number of nitrogens with zero attached hydrogens (tertiary/aromatic N) is 3. The van der Waals surface area contributed by atoms with Crippen LogP contribution >= 0.6 is 0 Å². The second-order valence-electron chi connectivity index (χ2n) is 4.34. The lowest BCUT2D eigenvalue weighted by Crippen LogP contribution is -2.31. The average molecular weight is 277 g/mol. The molecule has 8 nitrogen and oxygen atoms in total. The second kappa shape index (κ2) is 5.57. The molecule has 1 amide bonds. The summed E-state index contributed by atoms with van der Waals surface area (Å²) >= 11 is 0. The predicted octanol–water partition coefficient (Wildman–Crippen LogP) is -0.446. The number of carbonyl (C=O) groups is 1. The van der Waals surface area contributed by atoms with Gasteiger partial charge in [0.25, 0.3) is 11.5 Å². The Bertz CT molecular complexity index is 674. The van der Waals surface area contributed by atoms with Gasteiger partial charge in [-0.25, -0.2) is 10.5 Å². The third-order valence-corrected chi connectivity index (χ3v) is 2.79. The van der Waals surface area contributed by atoms with Gasteiger partial charge in [-0.1, -0.05) is 0 Å². The van der Waals surface area contributed by atoms with Crippen LogP contribution in [0.3, 0.4) is 0 Å². The van der Waals surface area contributed by atoms with Crippen molar-refractivity contribution in [3.63, 3.8) is 0 Å². The summed E-state index contributed by atoms with van der Waals surface area (Å²) in [6, 6.07) is 2.94. The Labute approximate surface area is 114 Å². The standard InChI is InChI=1S/C12H15N5O3/c1-16(2)8-5-11(18)17(14-6-8)7-10-9(3-4-20-10)12(19)15-13/h3-6H,7,13H2,1-2H3,(H,15,19). The van der Waals surface area contributed by atoms with Crippen LogP contribution in [0.25, 0.3) is 0 Å². The zero-order chi connectivity index (χ0) is 14.7. The summed E-state index contributed by atoms with van der Waals surface area (Å²) in [4.78, 5) is 25.2. The Balaban J connectivity index is 2.29. The van der Waals surface area contributed by atoms with Gasteiger partial charge in [0.2, 0.25) is 0 Å². The minimum Gasteiger partial charge on any atom is -0.467 e. The molecule has 0 unspecified atom stereocenters. The smallest absolute Gasteiger partial charge is 0.269 e. The van der Waals surface area contributed by atoms with Gasteiger partial charge in [-0.15, -0.1) is 0 Å².